The van der Waals surface area contributed by atoms with Gasteiger partial charge in [0.15, 0.2) is 5.82 Å². The second-order valence-corrected chi connectivity index (χ2v) is 6.48. The third-order valence-corrected chi connectivity index (χ3v) is 4.32. The van der Waals surface area contributed by atoms with Gasteiger partial charge >= 0.3 is 0 Å². The maximum atomic E-state index is 5.61. The summed E-state index contributed by atoms with van der Waals surface area (Å²) in [6, 6.07) is 4.05. The third kappa shape index (κ3) is 3.07. The fourth-order valence-corrected chi connectivity index (χ4v) is 3.03. The Balaban J connectivity index is 1.65. The van der Waals surface area contributed by atoms with Crippen LogP contribution >= 0.6 is 23.1 Å². The van der Waals surface area contributed by atoms with Crippen molar-refractivity contribution < 1.29 is 8.94 Å². The van der Waals surface area contributed by atoms with Gasteiger partial charge in [-0.2, -0.15) is 4.98 Å². The Labute approximate surface area is 123 Å². The lowest BCUT2D eigenvalue weighted by atomic mass is 10.3. The highest BCUT2D eigenvalue weighted by Crippen LogP contribution is 2.33. The van der Waals surface area contributed by atoms with Gasteiger partial charge < -0.3 is 8.94 Å². The highest BCUT2D eigenvalue weighted by molar-refractivity contribution is 7.99. The van der Waals surface area contributed by atoms with Gasteiger partial charge in [0.2, 0.25) is 11.8 Å². The van der Waals surface area contributed by atoms with Crippen LogP contribution in [0.2, 0.25) is 0 Å². The largest absolute Gasteiger partial charge is 0.416 e. The van der Waals surface area contributed by atoms with Gasteiger partial charge in [-0.05, 0) is 25.3 Å². The third-order valence-electron chi connectivity index (χ3n) is 2.52. The summed E-state index contributed by atoms with van der Waals surface area (Å²) in [5.41, 5.74) is 0. The number of aryl methyl sites for hydroxylation is 1. The molecule has 3 aromatic rings. The van der Waals surface area contributed by atoms with E-state index >= 15 is 0 Å². The van der Waals surface area contributed by atoms with Crippen LogP contribution < -0.4 is 0 Å². The number of aromatic nitrogens is 4. The first-order valence-corrected chi connectivity index (χ1v) is 7.78. The van der Waals surface area contributed by atoms with E-state index in [0.717, 1.165) is 0 Å². The first-order valence-electron chi connectivity index (χ1n) is 6.02. The quantitative estimate of drug-likeness (QED) is 0.669. The van der Waals surface area contributed by atoms with Crippen LogP contribution in [0, 0.1) is 6.92 Å². The summed E-state index contributed by atoms with van der Waals surface area (Å²) in [6.45, 7) is 3.75. The Morgan fingerprint density at radius 1 is 1.40 bits per heavy atom. The molecule has 3 aromatic heterocycles. The Morgan fingerprint density at radius 2 is 2.30 bits per heavy atom. The van der Waals surface area contributed by atoms with Crippen molar-refractivity contribution in [2.24, 2.45) is 0 Å². The maximum absolute atomic E-state index is 5.61. The monoisotopic (exact) mass is 308 g/mol. The summed E-state index contributed by atoms with van der Waals surface area (Å²) < 4.78 is 10.7. The van der Waals surface area contributed by atoms with Gasteiger partial charge in [0.25, 0.3) is 5.22 Å². The molecular weight excluding hydrogens is 296 g/mol. The van der Waals surface area contributed by atoms with Crippen LogP contribution in [0.15, 0.2) is 31.7 Å². The summed E-state index contributed by atoms with van der Waals surface area (Å²) in [5.74, 6) is 1.80. The molecule has 1 atom stereocenters. The predicted molar refractivity (Wildman–Crippen MR) is 74.7 cm³/mol. The molecule has 8 heteroatoms. The van der Waals surface area contributed by atoms with Crippen molar-refractivity contribution in [3.05, 3.63) is 40.0 Å². The van der Waals surface area contributed by atoms with E-state index in [4.69, 9.17) is 8.94 Å². The van der Waals surface area contributed by atoms with E-state index in [1.165, 1.54) is 16.6 Å². The van der Waals surface area contributed by atoms with E-state index in [1.807, 2.05) is 24.4 Å². The van der Waals surface area contributed by atoms with Crippen LogP contribution in [-0.4, -0.2) is 20.3 Å². The molecule has 0 saturated heterocycles. The number of thioether (sulfide) groups is 1. The van der Waals surface area contributed by atoms with Crippen molar-refractivity contribution in [3.8, 4) is 0 Å². The number of hydrogen-bond acceptors (Lipinski definition) is 8. The SMILES string of the molecule is Cc1noc(C(C)Sc2nnc(Cc3cccs3)o2)n1. The lowest BCUT2D eigenvalue weighted by Crippen LogP contribution is -1.88. The molecule has 0 N–H and O–H groups in total. The van der Waals surface area contributed by atoms with Crippen LogP contribution in [0.25, 0.3) is 0 Å². The maximum Gasteiger partial charge on any atom is 0.277 e. The van der Waals surface area contributed by atoms with E-state index in [9.17, 15) is 0 Å². The number of nitrogens with zero attached hydrogens (tertiary/aromatic N) is 4. The number of hydrogen-bond donors (Lipinski definition) is 0. The molecule has 0 saturated carbocycles. The van der Waals surface area contributed by atoms with Crippen molar-refractivity contribution in [2.75, 3.05) is 0 Å². The fourth-order valence-electron chi connectivity index (χ4n) is 1.60. The van der Waals surface area contributed by atoms with Crippen LogP contribution in [0.1, 0.15) is 34.7 Å². The van der Waals surface area contributed by atoms with Gasteiger partial charge in [0, 0.05) is 4.88 Å². The molecule has 0 aliphatic rings. The molecule has 0 radical (unpaired) electrons. The van der Waals surface area contributed by atoms with Gasteiger partial charge in [-0.15, -0.1) is 21.5 Å². The summed E-state index contributed by atoms with van der Waals surface area (Å²) >= 11 is 3.08. The zero-order chi connectivity index (χ0) is 13.9. The summed E-state index contributed by atoms with van der Waals surface area (Å²) in [4.78, 5) is 5.39. The summed E-state index contributed by atoms with van der Waals surface area (Å²) in [6.07, 6.45) is 0.666. The minimum Gasteiger partial charge on any atom is -0.416 e. The molecule has 0 amide bonds. The zero-order valence-electron chi connectivity index (χ0n) is 10.9. The fraction of sp³-hybridized carbons (Fsp3) is 0.333. The second-order valence-electron chi connectivity index (χ2n) is 4.16. The molecule has 0 aliphatic carbocycles. The van der Waals surface area contributed by atoms with E-state index < -0.39 is 0 Å². The topological polar surface area (TPSA) is 77.8 Å². The minimum absolute atomic E-state index is 0.0220. The summed E-state index contributed by atoms with van der Waals surface area (Å²) in [5, 5.41) is 14.4. The molecule has 0 aromatic carbocycles. The van der Waals surface area contributed by atoms with Gasteiger partial charge in [0.1, 0.15) is 0 Å². The molecule has 3 rings (SSSR count). The van der Waals surface area contributed by atoms with E-state index in [0.29, 0.717) is 29.2 Å². The molecule has 0 spiro atoms. The average molecular weight is 308 g/mol. The first kappa shape index (κ1) is 13.3. The molecule has 6 nitrogen and oxygen atoms in total. The van der Waals surface area contributed by atoms with Gasteiger partial charge in [-0.3, -0.25) is 0 Å². The van der Waals surface area contributed by atoms with E-state index in [-0.39, 0.29) is 5.25 Å². The van der Waals surface area contributed by atoms with Gasteiger partial charge in [-0.1, -0.05) is 23.0 Å². The van der Waals surface area contributed by atoms with Crippen LogP contribution in [0.3, 0.4) is 0 Å². The molecule has 20 heavy (non-hydrogen) atoms. The standard InChI is InChI=1S/C12H12N4O2S2/c1-7(11-13-8(2)16-18-11)20-12-15-14-10(17-12)6-9-4-3-5-19-9/h3-5,7H,6H2,1-2H3. The smallest absolute Gasteiger partial charge is 0.277 e. The molecule has 0 fully saturated rings. The normalized spacial score (nSPS) is 12.7. The first-order chi connectivity index (χ1) is 9.70. The van der Waals surface area contributed by atoms with E-state index in [1.54, 1.807) is 18.3 Å². The Hall–Kier alpha value is -1.67. The van der Waals surface area contributed by atoms with Crippen LogP contribution in [0.4, 0.5) is 0 Å². The number of thiophene rings is 1. The van der Waals surface area contributed by atoms with Gasteiger partial charge in [0.05, 0.1) is 11.7 Å². The Bertz CT molecular complexity index is 677. The highest BCUT2D eigenvalue weighted by atomic mass is 32.2. The Morgan fingerprint density at radius 3 is 3.00 bits per heavy atom. The average Bonchev–Trinajstić information content (AvgIpc) is 3.13. The molecule has 104 valence electrons. The molecule has 1 unspecified atom stereocenters. The van der Waals surface area contributed by atoms with Crippen molar-refractivity contribution in [3.63, 3.8) is 0 Å². The van der Waals surface area contributed by atoms with Crippen molar-refractivity contribution in [1.29, 1.82) is 0 Å². The summed E-state index contributed by atoms with van der Waals surface area (Å²) in [7, 11) is 0. The lowest BCUT2D eigenvalue weighted by molar-refractivity contribution is 0.374. The molecule has 3 heterocycles. The number of rotatable bonds is 5. The molecule has 0 aliphatic heterocycles. The highest BCUT2D eigenvalue weighted by Gasteiger charge is 2.18. The minimum atomic E-state index is -0.0220. The van der Waals surface area contributed by atoms with Crippen LogP contribution in [0.5, 0.6) is 0 Å². The lowest BCUT2D eigenvalue weighted by Gasteiger charge is -2.00. The van der Waals surface area contributed by atoms with E-state index in [2.05, 4.69) is 20.3 Å². The zero-order valence-corrected chi connectivity index (χ0v) is 12.6. The predicted octanol–water partition coefficient (Wildman–Crippen LogP) is 3.27. The van der Waals surface area contributed by atoms with Crippen LogP contribution in [-0.2, 0) is 6.42 Å². The van der Waals surface area contributed by atoms with Crippen molar-refractivity contribution >= 4 is 23.1 Å². The second kappa shape index (κ2) is 5.76. The van der Waals surface area contributed by atoms with Crippen molar-refractivity contribution in [2.45, 2.75) is 30.7 Å². The van der Waals surface area contributed by atoms with Gasteiger partial charge in [-0.25, -0.2) is 0 Å². The molecular formula is C12H12N4O2S2. The Kier molecular flexibility index (Phi) is 3.83. The van der Waals surface area contributed by atoms with Crippen molar-refractivity contribution in [1.82, 2.24) is 20.3 Å². The molecule has 0 bridgehead atoms.